The molecule has 0 bridgehead atoms. The van der Waals surface area contributed by atoms with Gasteiger partial charge in [0, 0.05) is 10.2 Å². The molecule has 170 valence electrons. The second-order valence-corrected chi connectivity index (χ2v) is 9.19. The zero-order valence-electron chi connectivity index (χ0n) is 18.7. The van der Waals surface area contributed by atoms with Gasteiger partial charge >= 0.3 is 5.97 Å². The predicted octanol–water partition coefficient (Wildman–Crippen LogP) is 5.71. The SMILES string of the molecule is COC(=O)c1ccc(C2c3c(oc4cc(C)c(C)cc4c3=O)C(=O)N2c2ccc(Br)cc2)cc1. The average molecular weight is 518 g/mol. The van der Waals surface area contributed by atoms with Crippen LogP contribution < -0.4 is 10.3 Å². The fourth-order valence-electron chi connectivity index (χ4n) is 4.33. The summed E-state index contributed by atoms with van der Waals surface area (Å²) in [5.74, 6) is -0.821. The number of ether oxygens (including phenoxy) is 1. The highest BCUT2D eigenvalue weighted by atomic mass is 79.9. The molecule has 1 unspecified atom stereocenters. The van der Waals surface area contributed by atoms with E-state index in [1.165, 1.54) is 7.11 Å². The third-order valence-electron chi connectivity index (χ3n) is 6.24. The predicted molar refractivity (Wildman–Crippen MR) is 133 cm³/mol. The molecular formula is C27H20BrNO5. The van der Waals surface area contributed by atoms with Crippen LogP contribution in [0.2, 0.25) is 0 Å². The second kappa shape index (κ2) is 8.25. The molecule has 5 rings (SSSR count). The molecule has 7 heteroatoms. The van der Waals surface area contributed by atoms with Crippen molar-refractivity contribution in [1.29, 1.82) is 0 Å². The summed E-state index contributed by atoms with van der Waals surface area (Å²) in [5.41, 5.74) is 4.05. The standard InChI is InChI=1S/C27H20BrNO5/c1-14-12-20-21(13-15(14)2)34-25-22(24(20)30)23(16-4-6-17(7-5-16)27(32)33-3)29(26(25)31)19-10-8-18(28)9-11-19/h4-13,23H,1-3H3. The van der Waals surface area contributed by atoms with Gasteiger partial charge in [0.1, 0.15) is 5.58 Å². The lowest BCUT2D eigenvalue weighted by atomic mass is 9.96. The van der Waals surface area contributed by atoms with Gasteiger partial charge in [0.15, 0.2) is 5.43 Å². The van der Waals surface area contributed by atoms with E-state index in [0.717, 1.165) is 15.6 Å². The lowest BCUT2D eigenvalue weighted by Crippen LogP contribution is -2.29. The van der Waals surface area contributed by atoms with Gasteiger partial charge in [0.25, 0.3) is 5.91 Å². The van der Waals surface area contributed by atoms with Crippen LogP contribution in [0.25, 0.3) is 11.0 Å². The van der Waals surface area contributed by atoms with Crippen molar-refractivity contribution in [1.82, 2.24) is 0 Å². The normalized spacial score (nSPS) is 15.0. The van der Waals surface area contributed by atoms with E-state index in [2.05, 4.69) is 15.9 Å². The molecule has 1 aliphatic rings. The van der Waals surface area contributed by atoms with Crippen LogP contribution in [0.4, 0.5) is 5.69 Å². The molecule has 1 atom stereocenters. The van der Waals surface area contributed by atoms with Gasteiger partial charge in [-0.05, 0) is 79.1 Å². The Labute approximate surface area is 203 Å². The summed E-state index contributed by atoms with van der Waals surface area (Å²) in [6, 6.07) is 16.9. The van der Waals surface area contributed by atoms with Crippen LogP contribution in [-0.2, 0) is 4.74 Å². The molecule has 0 saturated carbocycles. The third kappa shape index (κ3) is 3.44. The van der Waals surface area contributed by atoms with Crippen molar-refractivity contribution in [3.8, 4) is 0 Å². The highest BCUT2D eigenvalue weighted by Gasteiger charge is 2.43. The molecule has 4 aromatic rings. The van der Waals surface area contributed by atoms with E-state index in [0.29, 0.717) is 27.8 Å². The molecule has 1 aliphatic heterocycles. The van der Waals surface area contributed by atoms with Crippen LogP contribution in [0.15, 0.2) is 74.3 Å². The van der Waals surface area contributed by atoms with E-state index in [9.17, 15) is 14.4 Å². The van der Waals surface area contributed by atoms with Gasteiger partial charge in [-0.15, -0.1) is 0 Å². The maximum absolute atomic E-state index is 13.7. The highest BCUT2D eigenvalue weighted by Crippen LogP contribution is 2.41. The average Bonchev–Trinajstić information content (AvgIpc) is 3.13. The fraction of sp³-hybridized carbons (Fsp3) is 0.148. The Morgan fingerprint density at radius 1 is 0.971 bits per heavy atom. The number of esters is 1. The Morgan fingerprint density at radius 2 is 1.62 bits per heavy atom. The number of carbonyl (C=O) groups excluding carboxylic acids is 2. The first kappa shape index (κ1) is 22.1. The maximum Gasteiger partial charge on any atom is 0.337 e. The highest BCUT2D eigenvalue weighted by molar-refractivity contribution is 9.10. The quantitative estimate of drug-likeness (QED) is 0.325. The van der Waals surface area contributed by atoms with Crippen molar-refractivity contribution in [3.63, 3.8) is 0 Å². The number of methoxy groups -OCH3 is 1. The van der Waals surface area contributed by atoms with Gasteiger partial charge in [0.05, 0.1) is 29.7 Å². The molecule has 0 radical (unpaired) electrons. The van der Waals surface area contributed by atoms with Gasteiger partial charge in [-0.1, -0.05) is 28.1 Å². The third-order valence-corrected chi connectivity index (χ3v) is 6.77. The van der Waals surface area contributed by atoms with Crippen LogP contribution in [0.1, 0.15) is 49.2 Å². The van der Waals surface area contributed by atoms with Crippen LogP contribution in [0.5, 0.6) is 0 Å². The number of carbonyl (C=O) groups is 2. The smallest absolute Gasteiger partial charge is 0.337 e. The molecule has 1 aromatic heterocycles. The molecular weight excluding hydrogens is 498 g/mol. The van der Waals surface area contributed by atoms with Gasteiger partial charge in [-0.3, -0.25) is 14.5 Å². The van der Waals surface area contributed by atoms with Crippen molar-refractivity contribution >= 4 is 44.5 Å². The van der Waals surface area contributed by atoms with E-state index in [4.69, 9.17) is 9.15 Å². The largest absolute Gasteiger partial charge is 0.465 e. The number of fused-ring (bicyclic) bond motifs is 2. The number of amides is 1. The Bertz CT molecular complexity index is 1520. The molecule has 34 heavy (non-hydrogen) atoms. The Hall–Kier alpha value is -3.71. The number of aryl methyl sites for hydroxylation is 2. The number of benzene rings is 3. The summed E-state index contributed by atoms with van der Waals surface area (Å²) in [7, 11) is 1.32. The van der Waals surface area contributed by atoms with Crippen LogP contribution >= 0.6 is 15.9 Å². The molecule has 0 fully saturated rings. The molecule has 0 aliphatic carbocycles. The van der Waals surface area contributed by atoms with E-state index < -0.39 is 17.9 Å². The summed E-state index contributed by atoms with van der Waals surface area (Å²) in [4.78, 5) is 40.9. The summed E-state index contributed by atoms with van der Waals surface area (Å²) in [5, 5.41) is 0.434. The van der Waals surface area contributed by atoms with Crippen LogP contribution in [0.3, 0.4) is 0 Å². The molecule has 0 spiro atoms. The van der Waals surface area contributed by atoms with Crippen molar-refractivity contribution < 1.29 is 18.7 Å². The molecule has 0 saturated heterocycles. The Balaban J connectivity index is 1.77. The number of anilines is 1. The lowest BCUT2D eigenvalue weighted by Gasteiger charge is -2.25. The first-order chi connectivity index (χ1) is 16.3. The van der Waals surface area contributed by atoms with Crippen LogP contribution in [-0.4, -0.2) is 19.0 Å². The number of nitrogens with zero attached hydrogens (tertiary/aromatic N) is 1. The topological polar surface area (TPSA) is 76.8 Å². The number of hydrogen-bond acceptors (Lipinski definition) is 5. The summed E-state index contributed by atoms with van der Waals surface area (Å²) < 4.78 is 11.7. The number of halogens is 1. The Kier molecular flexibility index (Phi) is 5.37. The fourth-order valence-corrected chi connectivity index (χ4v) is 4.60. The van der Waals surface area contributed by atoms with Gasteiger partial charge in [-0.25, -0.2) is 4.79 Å². The van der Waals surface area contributed by atoms with Gasteiger partial charge in [-0.2, -0.15) is 0 Å². The summed E-state index contributed by atoms with van der Waals surface area (Å²) >= 11 is 3.42. The molecule has 1 amide bonds. The van der Waals surface area contributed by atoms with Gasteiger partial charge < -0.3 is 9.15 Å². The molecule has 0 N–H and O–H groups in total. The van der Waals surface area contributed by atoms with Crippen molar-refractivity contribution in [2.24, 2.45) is 0 Å². The number of hydrogen-bond donors (Lipinski definition) is 0. The maximum atomic E-state index is 13.7. The lowest BCUT2D eigenvalue weighted by molar-refractivity contribution is 0.0600. The van der Waals surface area contributed by atoms with Gasteiger partial charge in [0.2, 0.25) is 5.76 Å². The molecule has 3 aromatic carbocycles. The first-order valence-corrected chi connectivity index (χ1v) is 11.4. The zero-order chi connectivity index (χ0) is 24.1. The number of rotatable bonds is 3. The zero-order valence-corrected chi connectivity index (χ0v) is 20.3. The van der Waals surface area contributed by atoms with E-state index in [1.54, 1.807) is 41.3 Å². The Morgan fingerprint density at radius 3 is 2.26 bits per heavy atom. The monoisotopic (exact) mass is 517 g/mol. The van der Waals surface area contributed by atoms with Crippen molar-refractivity contribution in [2.45, 2.75) is 19.9 Å². The molecule has 2 heterocycles. The van der Waals surface area contributed by atoms with E-state index in [1.807, 2.05) is 38.1 Å². The summed E-state index contributed by atoms with van der Waals surface area (Å²) in [6.07, 6.45) is 0. The molecule has 6 nitrogen and oxygen atoms in total. The van der Waals surface area contributed by atoms with E-state index in [-0.39, 0.29) is 16.8 Å². The minimum atomic E-state index is -0.711. The first-order valence-electron chi connectivity index (χ1n) is 10.7. The van der Waals surface area contributed by atoms with Crippen molar-refractivity contribution in [3.05, 3.63) is 109 Å². The van der Waals surface area contributed by atoms with Crippen molar-refractivity contribution in [2.75, 3.05) is 12.0 Å². The summed E-state index contributed by atoms with van der Waals surface area (Å²) in [6.45, 7) is 3.87. The second-order valence-electron chi connectivity index (χ2n) is 8.27. The minimum absolute atomic E-state index is 0.0331. The van der Waals surface area contributed by atoms with E-state index >= 15 is 0 Å². The van der Waals surface area contributed by atoms with Crippen LogP contribution in [0, 0.1) is 13.8 Å². The minimum Gasteiger partial charge on any atom is -0.465 e.